The number of hydrogen-bond donors (Lipinski definition) is 2. The van der Waals surface area contributed by atoms with Crippen molar-refractivity contribution < 1.29 is 9.59 Å². The minimum atomic E-state index is -0.161. The highest BCUT2D eigenvalue weighted by Crippen LogP contribution is 2.21. The SMILES string of the molecule is CC(=O)Nc1cccc(-n2nnnc2SCC(=O)Nc2cccc(I)c2)c1. The Hall–Kier alpha value is -2.47. The number of hydrogen-bond acceptors (Lipinski definition) is 6. The maximum atomic E-state index is 12.2. The van der Waals surface area contributed by atoms with E-state index >= 15 is 0 Å². The zero-order chi connectivity index (χ0) is 19.2. The highest BCUT2D eigenvalue weighted by molar-refractivity contribution is 14.1. The van der Waals surface area contributed by atoms with Gasteiger partial charge < -0.3 is 10.6 Å². The zero-order valence-electron chi connectivity index (χ0n) is 14.2. The third kappa shape index (κ3) is 5.50. The fourth-order valence-corrected chi connectivity index (χ4v) is 3.48. The first-order valence-electron chi connectivity index (χ1n) is 7.86. The maximum Gasteiger partial charge on any atom is 0.234 e. The van der Waals surface area contributed by atoms with Crippen LogP contribution >= 0.6 is 34.4 Å². The van der Waals surface area contributed by atoms with Crippen molar-refractivity contribution in [1.82, 2.24) is 20.2 Å². The van der Waals surface area contributed by atoms with Gasteiger partial charge in [0.25, 0.3) is 0 Å². The Morgan fingerprint density at radius 3 is 2.59 bits per heavy atom. The number of nitrogens with zero attached hydrogens (tertiary/aromatic N) is 4. The molecule has 3 rings (SSSR count). The van der Waals surface area contributed by atoms with Gasteiger partial charge in [-0.2, -0.15) is 4.68 Å². The quantitative estimate of drug-likeness (QED) is 0.404. The predicted molar refractivity (Wildman–Crippen MR) is 112 cm³/mol. The average molecular weight is 494 g/mol. The van der Waals surface area contributed by atoms with E-state index in [-0.39, 0.29) is 17.6 Å². The van der Waals surface area contributed by atoms with Gasteiger partial charge in [-0.25, -0.2) is 0 Å². The van der Waals surface area contributed by atoms with Crippen LogP contribution < -0.4 is 10.6 Å². The lowest BCUT2D eigenvalue weighted by Crippen LogP contribution is -2.14. The molecular weight excluding hydrogens is 479 g/mol. The van der Waals surface area contributed by atoms with Crippen LogP contribution in [0.15, 0.2) is 53.7 Å². The monoisotopic (exact) mass is 494 g/mol. The summed E-state index contributed by atoms with van der Waals surface area (Å²) in [4.78, 5) is 23.4. The van der Waals surface area contributed by atoms with Crippen molar-refractivity contribution in [3.63, 3.8) is 0 Å². The van der Waals surface area contributed by atoms with E-state index in [0.717, 1.165) is 9.26 Å². The topological polar surface area (TPSA) is 102 Å². The molecule has 0 radical (unpaired) electrons. The van der Waals surface area contributed by atoms with Crippen molar-refractivity contribution >= 4 is 57.5 Å². The Morgan fingerprint density at radius 2 is 1.85 bits per heavy atom. The van der Waals surface area contributed by atoms with E-state index in [2.05, 4.69) is 48.7 Å². The summed E-state index contributed by atoms with van der Waals surface area (Å²) in [7, 11) is 0. The molecule has 2 N–H and O–H groups in total. The molecular formula is C17H15IN6O2S. The van der Waals surface area contributed by atoms with E-state index in [1.807, 2.05) is 30.3 Å². The first kappa shape index (κ1) is 19.3. The predicted octanol–water partition coefficient (Wildman–Crippen LogP) is 2.96. The number of tetrazole rings is 1. The van der Waals surface area contributed by atoms with Crippen molar-refractivity contribution in [2.75, 3.05) is 16.4 Å². The second-order valence-corrected chi connectivity index (χ2v) is 7.64. The number of benzene rings is 2. The fourth-order valence-electron chi connectivity index (χ4n) is 2.24. The summed E-state index contributed by atoms with van der Waals surface area (Å²) in [6.45, 7) is 1.44. The highest BCUT2D eigenvalue weighted by Gasteiger charge is 2.12. The lowest BCUT2D eigenvalue weighted by Gasteiger charge is -2.08. The summed E-state index contributed by atoms with van der Waals surface area (Å²) in [6, 6.07) is 14.7. The first-order valence-corrected chi connectivity index (χ1v) is 9.92. The molecule has 0 aliphatic heterocycles. The zero-order valence-corrected chi connectivity index (χ0v) is 17.2. The smallest absolute Gasteiger partial charge is 0.234 e. The number of thioether (sulfide) groups is 1. The van der Waals surface area contributed by atoms with Crippen LogP contribution in [0.25, 0.3) is 5.69 Å². The number of carbonyl (C=O) groups excluding carboxylic acids is 2. The number of nitrogens with one attached hydrogen (secondary N) is 2. The fraction of sp³-hybridized carbons (Fsp3) is 0.118. The Labute approximate surface area is 173 Å². The van der Waals surface area contributed by atoms with Gasteiger partial charge in [-0.05, 0) is 69.4 Å². The molecule has 8 nitrogen and oxygen atoms in total. The number of halogens is 1. The normalized spacial score (nSPS) is 10.4. The molecule has 0 unspecified atom stereocenters. The Kier molecular flexibility index (Phi) is 6.40. The van der Waals surface area contributed by atoms with Crippen molar-refractivity contribution in [3.8, 4) is 5.69 Å². The number of carbonyl (C=O) groups is 2. The van der Waals surface area contributed by atoms with Gasteiger partial charge in [0.05, 0.1) is 11.4 Å². The van der Waals surface area contributed by atoms with Gasteiger partial charge in [0.15, 0.2) is 0 Å². The second kappa shape index (κ2) is 8.95. The number of amides is 2. The van der Waals surface area contributed by atoms with Crippen LogP contribution in [0.1, 0.15) is 6.92 Å². The molecule has 0 bridgehead atoms. The third-order valence-corrected chi connectivity index (χ3v) is 4.88. The first-order chi connectivity index (χ1) is 13.0. The number of anilines is 2. The molecule has 0 saturated heterocycles. The van der Waals surface area contributed by atoms with E-state index < -0.39 is 0 Å². The number of aromatic nitrogens is 4. The molecule has 3 aromatic rings. The maximum absolute atomic E-state index is 12.2. The Balaban J connectivity index is 1.67. The van der Waals surface area contributed by atoms with Crippen LogP contribution in [0.3, 0.4) is 0 Å². The van der Waals surface area contributed by atoms with Crippen LogP contribution in [-0.2, 0) is 9.59 Å². The van der Waals surface area contributed by atoms with Gasteiger partial charge in [0.1, 0.15) is 0 Å². The van der Waals surface area contributed by atoms with Gasteiger partial charge in [-0.3, -0.25) is 9.59 Å². The lowest BCUT2D eigenvalue weighted by molar-refractivity contribution is -0.114. The average Bonchev–Trinajstić information content (AvgIpc) is 3.08. The van der Waals surface area contributed by atoms with Crippen molar-refractivity contribution in [2.45, 2.75) is 12.1 Å². The molecule has 27 heavy (non-hydrogen) atoms. The van der Waals surface area contributed by atoms with E-state index in [1.165, 1.54) is 23.4 Å². The highest BCUT2D eigenvalue weighted by atomic mass is 127. The van der Waals surface area contributed by atoms with Crippen LogP contribution in [-0.4, -0.2) is 37.8 Å². The summed E-state index contributed by atoms with van der Waals surface area (Å²) in [6.07, 6.45) is 0. The summed E-state index contributed by atoms with van der Waals surface area (Å²) < 4.78 is 2.57. The minimum Gasteiger partial charge on any atom is -0.326 e. The third-order valence-electron chi connectivity index (χ3n) is 3.29. The summed E-state index contributed by atoms with van der Waals surface area (Å²) in [5.41, 5.74) is 2.07. The molecule has 1 heterocycles. The van der Waals surface area contributed by atoms with E-state index in [1.54, 1.807) is 18.2 Å². The van der Waals surface area contributed by atoms with Crippen molar-refractivity contribution in [3.05, 3.63) is 52.1 Å². The van der Waals surface area contributed by atoms with E-state index in [0.29, 0.717) is 16.5 Å². The molecule has 2 aromatic carbocycles. The van der Waals surface area contributed by atoms with Crippen LogP contribution in [0, 0.1) is 3.57 Å². The van der Waals surface area contributed by atoms with Gasteiger partial charge in [0.2, 0.25) is 17.0 Å². The molecule has 0 atom stereocenters. The number of rotatable bonds is 6. The standard InChI is InChI=1S/C17H15IN6O2S/c1-11(25)19-14-6-3-7-15(9-14)24-17(21-22-23-24)27-10-16(26)20-13-5-2-4-12(18)8-13/h2-9H,10H2,1H3,(H,19,25)(H,20,26). The molecule has 0 saturated carbocycles. The van der Waals surface area contributed by atoms with Gasteiger partial charge in [-0.15, -0.1) is 5.10 Å². The largest absolute Gasteiger partial charge is 0.326 e. The van der Waals surface area contributed by atoms with Crippen LogP contribution in [0.5, 0.6) is 0 Å². The molecule has 0 fully saturated rings. The van der Waals surface area contributed by atoms with Crippen molar-refractivity contribution in [2.24, 2.45) is 0 Å². The Bertz CT molecular complexity index is 977. The molecule has 10 heteroatoms. The second-order valence-electron chi connectivity index (χ2n) is 5.45. The van der Waals surface area contributed by atoms with Crippen LogP contribution in [0.2, 0.25) is 0 Å². The van der Waals surface area contributed by atoms with E-state index in [4.69, 9.17) is 0 Å². The molecule has 0 aliphatic carbocycles. The van der Waals surface area contributed by atoms with Gasteiger partial charge >= 0.3 is 0 Å². The Morgan fingerprint density at radius 1 is 1.11 bits per heavy atom. The molecule has 138 valence electrons. The van der Waals surface area contributed by atoms with Crippen molar-refractivity contribution in [1.29, 1.82) is 0 Å². The van der Waals surface area contributed by atoms with E-state index in [9.17, 15) is 9.59 Å². The summed E-state index contributed by atoms with van der Waals surface area (Å²) in [5.74, 6) is -0.147. The molecule has 1 aromatic heterocycles. The lowest BCUT2D eigenvalue weighted by atomic mass is 10.3. The summed E-state index contributed by atoms with van der Waals surface area (Å²) in [5, 5.41) is 17.7. The summed E-state index contributed by atoms with van der Waals surface area (Å²) >= 11 is 3.42. The molecule has 2 amide bonds. The van der Waals surface area contributed by atoms with Gasteiger partial charge in [0, 0.05) is 21.9 Å². The van der Waals surface area contributed by atoms with Crippen LogP contribution in [0.4, 0.5) is 11.4 Å². The molecule has 0 aliphatic rings. The minimum absolute atomic E-state index is 0.149. The van der Waals surface area contributed by atoms with Gasteiger partial charge in [-0.1, -0.05) is 23.9 Å². The molecule has 0 spiro atoms.